The zero-order valence-electron chi connectivity index (χ0n) is 14.2. The van der Waals surface area contributed by atoms with Crippen LogP contribution in [0.15, 0.2) is 46.9 Å². The van der Waals surface area contributed by atoms with Crippen LogP contribution in [0.4, 0.5) is 4.39 Å². The van der Waals surface area contributed by atoms with Crippen molar-refractivity contribution >= 4 is 27.7 Å². The fraction of sp³-hybridized carbons (Fsp3) is 0.263. The first-order valence-corrected chi connectivity index (χ1v) is 8.97. The van der Waals surface area contributed by atoms with Crippen LogP contribution in [0.2, 0.25) is 0 Å². The van der Waals surface area contributed by atoms with E-state index in [9.17, 15) is 14.0 Å². The molecule has 1 saturated heterocycles. The molecule has 7 heteroatoms. The summed E-state index contributed by atoms with van der Waals surface area (Å²) in [5, 5.41) is 0. The summed E-state index contributed by atoms with van der Waals surface area (Å²) in [6.07, 6.45) is 0. The Hall–Kier alpha value is -2.41. The number of methoxy groups -OCH3 is 1. The van der Waals surface area contributed by atoms with Gasteiger partial charge in [0.25, 0.3) is 11.8 Å². The van der Waals surface area contributed by atoms with Gasteiger partial charge < -0.3 is 14.5 Å². The number of hydrogen-bond acceptors (Lipinski definition) is 3. The summed E-state index contributed by atoms with van der Waals surface area (Å²) in [5.74, 6) is -0.409. The second kappa shape index (κ2) is 7.86. The van der Waals surface area contributed by atoms with Crippen molar-refractivity contribution in [2.75, 3.05) is 33.3 Å². The van der Waals surface area contributed by atoms with Gasteiger partial charge in [0.15, 0.2) is 0 Å². The molecule has 0 unspecified atom stereocenters. The van der Waals surface area contributed by atoms with Gasteiger partial charge in [0.05, 0.1) is 18.2 Å². The SMILES string of the molecule is COc1ccc(Br)c(C(=O)N2CCN(C(=O)c3ccccc3F)CC2)c1. The lowest BCUT2D eigenvalue weighted by Crippen LogP contribution is -2.50. The highest BCUT2D eigenvalue weighted by molar-refractivity contribution is 9.10. The van der Waals surface area contributed by atoms with E-state index in [2.05, 4.69) is 15.9 Å². The van der Waals surface area contributed by atoms with Crippen molar-refractivity contribution in [2.24, 2.45) is 0 Å². The number of halogens is 2. The van der Waals surface area contributed by atoms with E-state index in [4.69, 9.17) is 4.74 Å². The van der Waals surface area contributed by atoms with E-state index in [-0.39, 0.29) is 17.4 Å². The molecule has 0 spiro atoms. The summed E-state index contributed by atoms with van der Waals surface area (Å²) in [6, 6.07) is 11.2. The van der Waals surface area contributed by atoms with E-state index in [1.807, 2.05) is 0 Å². The van der Waals surface area contributed by atoms with Gasteiger partial charge in [-0.1, -0.05) is 12.1 Å². The van der Waals surface area contributed by atoms with Crippen molar-refractivity contribution < 1.29 is 18.7 Å². The van der Waals surface area contributed by atoms with Crippen molar-refractivity contribution in [3.8, 4) is 5.75 Å². The lowest BCUT2D eigenvalue weighted by Gasteiger charge is -2.35. The van der Waals surface area contributed by atoms with Crippen LogP contribution >= 0.6 is 15.9 Å². The van der Waals surface area contributed by atoms with Gasteiger partial charge >= 0.3 is 0 Å². The maximum absolute atomic E-state index is 13.8. The van der Waals surface area contributed by atoms with Crippen LogP contribution in [0.1, 0.15) is 20.7 Å². The van der Waals surface area contributed by atoms with Crippen LogP contribution in [0, 0.1) is 5.82 Å². The smallest absolute Gasteiger partial charge is 0.256 e. The molecule has 0 radical (unpaired) electrons. The summed E-state index contributed by atoms with van der Waals surface area (Å²) in [4.78, 5) is 28.5. The van der Waals surface area contributed by atoms with Crippen molar-refractivity contribution in [1.82, 2.24) is 9.80 Å². The number of rotatable bonds is 3. The summed E-state index contributed by atoms with van der Waals surface area (Å²) < 4.78 is 19.7. The molecule has 0 saturated carbocycles. The minimum Gasteiger partial charge on any atom is -0.497 e. The molecule has 26 heavy (non-hydrogen) atoms. The molecule has 0 aliphatic carbocycles. The molecule has 1 aliphatic rings. The number of benzene rings is 2. The normalized spacial score (nSPS) is 14.3. The van der Waals surface area contributed by atoms with Gasteiger partial charge in [-0.3, -0.25) is 9.59 Å². The number of nitrogens with zero attached hydrogens (tertiary/aromatic N) is 2. The Labute approximate surface area is 159 Å². The Balaban J connectivity index is 1.68. The number of piperazine rings is 1. The largest absolute Gasteiger partial charge is 0.497 e. The fourth-order valence-corrected chi connectivity index (χ4v) is 3.30. The van der Waals surface area contributed by atoms with E-state index >= 15 is 0 Å². The Kier molecular flexibility index (Phi) is 5.56. The molecule has 136 valence electrons. The predicted octanol–water partition coefficient (Wildman–Crippen LogP) is 3.20. The van der Waals surface area contributed by atoms with Crippen molar-refractivity contribution in [2.45, 2.75) is 0 Å². The molecular weight excluding hydrogens is 403 g/mol. The molecule has 0 bridgehead atoms. The number of ether oxygens (including phenoxy) is 1. The molecule has 0 atom stereocenters. The zero-order valence-corrected chi connectivity index (χ0v) is 15.8. The third kappa shape index (κ3) is 3.72. The van der Waals surface area contributed by atoms with Gasteiger partial charge in [-0.15, -0.1) is 0 Å². The van der Waals surface area contributed by atoms with E-state index in [1.165, 1.54) is 12.1 Å². The van der Waals surface area contributed by atoms with E-state index in [0.717, 1.165) is 0 Å². The van der Waals surface area contributed by atoms with E-state index < -0.39 is 5.82 Å². The van der Waals surface area contributed by atoms with Crippen molar-refractivity contribution in [1.29, 1.82) is 0 Å². The van der Waals surface area contributed by atoms with Crippen LogP contribution in [0.3, 0.4) is 0 Å². The minimum absolute atomic E-state index is 0.0582. The van der Waals surface area contributed by atoms with Gasteiger partial charge in [0.1, 0.15) is 11.6 Å². The lowest BCUT2D eigenvalue weighted by atomic mass is 10.1. The second-order valence-electron chi connectivity index (χ2n) is 5.91. The molecule has 1 fully saturated rings. The first kappa shape index (κ1) is 18.4. The molecule has 0 aromatic heterocycles. The molecular formula is C19H18BrFN2O3. The summed E-state index contributed by atoms with van der Waals surface area (Å²) in [5.41, 5.74) is 0.570. The molecule has 2 amide bonds. The lowest BCUT2D eigenvalue weighted by molar-refractivity contribution is 0.0532. The highest BCUT2D eigenvalue weighted by atomic mass is 79.9. The Bertz CT molecular complexity index is 835. The number of carbonyl (C=O) groups is 2. The van der Waals surface area contributed by atoms with Gasteiger partial charge in [-0.2, -0.15) is 0 Å². The Morgan fingerprint density at radius 2 is 1.54 bits per heavy atom. The average molecular weight is 421 g/mol. The van der Waals surface area contributed by atoms with Crippen LogP contribution in [0.25, 0.3) is 0 Å². The number of carbonyl (C=O) groups excluding carboxylic acids is 2. The first-order chi connectivity index (χ1) is 12.5. The maximum Gasteiger partial charge on any atom is 0.256 e. The topological polar surface area (TPSA) is 49.9 Å². The third-order valence-corrected chi connectivity index (χ3v) is 5.05. The molecule has 5 nitrogen and oxygen atoms in total. The minimum atomic E-state index is -0.531. The van der Waals surface area contributed by atoms with Gasteiger partial charge in [-0.25, -0.2) is 4.39 Å². The summed E-state index contributed by atoms with van der Waals surface area (Å²) >= 11 is 3.39. The van der Waals surface area contributed by atoms with Crippen LogP contribution in [-0.2, 0) is 0 Å². The van der Waals surface area contributed by atoms with Gasteiger partial charge in [0.2, 0.25) is 0 Å². The highest BCUT2D eigenvalue weighted by Crippen LogP contribution is 2.24. The van der Waals surface area contributed by atoms with Crippen LogP contribution in [-0.4, -0.2) is 54.9 Å². The van der Waals surface area contributed by atoms with Gasteiger partial charge in [0, 0.05) is 30.7 Å². The first-order valence-electron chi connectivity index (χ1n) is 8.18. The standard InChI is InChI=1S/C19H18BrFN2O3/c1-26-13-6-7-16(20)15(12-13)19(25)23-10-8-22(9-11-23)18(24)14-4-2-3-5-17(14)21/h2-7,12H,8-11H2,1H3. The Morgan fingerprint density at radius 3 is 2.12 bits per heavy atom. The maximum atomic E-state index is 13.8. The van der Waals surface area contributed by atoms with E-state index in [1.54, 1.807) is 47.2 Å². The number of amides is 2. The molecule has 1 heterocycles. The average Bonchev–Trinajstić information content (AvgIpc) is 2.68. The molecule has 1 aliphatic heterocycles. The third-order valence-electron chi connectivity index (χ3n) is 4.36. The predicted molar refractivity (Wildman–Crippen MR) is 98.9 cm³/mol. The van der Waals surface area contributed by atoms with Crippen molar-refractivity contribution in [3.63, 3.8) is 0 Å². The fourth-order valence-electron chi connectivity index (χ4n) is 2.88. The van der Waals surface area contributed by atoms with Crippen LogP contribution < -0.4 is 4.74 Å². The van der Waals surface area contributed by atoms with Crippen molar-refractivity contribution in [3.05, 3.63) is 63.9 Å². The molecule has 3 rings (SSSR count). The monoisotopic (exact) mass is 420 g/mol. The summed E-state index contributed by atoms with van der Waals surface area (Å²) in [7, 11) is 1.55. The van der Waals surface area contributed by atoms with Gasteiger partial charge in [-0.05, 0) is 46.3 Å². The number of hydrogen-bond donors (Lipinski definition) is 0. The quantitative estimate of drug-likeness (QED) is 0.765. The molecule has 0 N–H and O–H groups in total. The zero-order chi connectivity index (χ0) is 18.7. The van der Waals surface area contributed by atoms with E-state index in [0.29, 0.717) is 42.0 Å². The molecule has 2 aromatic rings. The summed E-state index contributed by atoms with van der Waals surface area (Å²) in [6.45, 7) is 1.51. The second-order valence-corrected chi connectivity index (χ2v) is 6.76. The molecule has 2 aromatic carbocycles. The Morgan fingerprint density at radius 1 is 0.962 bits per heavy atom. The van der Waals surface area contributed by atoms with Crippen LogP contribution in [0.5, 0.6) is 5.75 Å². The highest BCUT2D eigenvalue weighted by Gasteiger charge is 2.27.